The van der Waals surface area contributed by atoms with Crippen molar-refractivity contribution in [2.45, 2.75) is 6.42 Å². The molecule has 1 heterocycles. The van der Waals surface area contributed by atoms with Gasteiger partial charge in [-0.25, -0.2) is 0 Å². The molecule has 0 radical (unpaired) electrons. The Kier molecular flexibility index (Phi) is 3.77. The first-order valence-electron chi connectivity index (χ1n) is 5.27. The Morgan fingerprint density at radius 2 is 2.35 bits per heavy atom. The van der Waals surface area contributed by atoms with Crippen molar-refractivity contribution in [2.75, 3.05) is 6.54 Å². The van der Waals surface area contributed by atoms with Gasteiger partial charge in [0.1, 0.15) is 0 Å². The number of aromatic nitrogens is 2. The predicted octanol–water partition coefficient (Wildman–Crippen LogP) is 2.04. The van der Waals surface area contributed by atoms with Crippen LogP contribution in [0.4, 0.5) is 0 Å². The van der Waals surface area contributed by atoms with Crippen molar-refractivity contribution in [3.8, 4) is 0 Å². The van der Waals surface area contributed by atoms with Crippen LogP contribution in [0.2, 0.25) is 5.02 Å². The van der Waals surface area contributed by atoms with Crippen LogP contribution in [0.1, 0.15) is 15.9 Å². The van der Waals surface area contributed by atoms with E-state index in [1.165, 1.54) is 6.20 Å². The Morgan fingerprint density at radius 3 is 3.06 bits per heavy atom. The summed E-state index contributed by atoms with van der Waals surface area (Å²) in [7, 11) is 0. The van der Waals surface area contributed by atoms with Gasteiger partial charge in [0, 0.05) is 17.8 Å². The molecule has 2 N–H and O–H groups in total. The Bertz CT molecular complexity index is 496. The van der Waals surface area contributed by atoms with Crippen LogP contribution in [-0.4, -0.2) is 22.6 Å². The summed E-state index contributed by atoms with van der Waals surface area (Å²) in [6.07, 6.45) is 3.81. The Balaban J connectivity index is 1.82. The van der Waals surface area contributed by atoms with Crippen LogP contribution in [0.15, 0.2) is 36.7 Å². The molecule has 1 amide bonds. The number of aromatic amines is 1. The third kappa shape index (κ3) is 3.32. The number of hydrogen-bond donors (Lipinski definition) is 2. The minimum absolute atomic E-state index is 0.124. The van der Waals surface area contributed by atoms with E-state index < -0.39 is 0 Å². The number of amides is 1. The molecular formula is C12H12ClN3O. The molecule has 17 heavy (non-hydrogen) atoms. The van der Waals surface area contributed by atoms with Gasteiger partial charge < -0.3 is 5.32 Å². The molecular weight excluding hydrogens is 238 g/mol. The van der Waals surface area contributed by atoms with Crippen LogP contribution in [0.5, 0.6) is 0 Å². The minimum Gasteiger partial charge on any atom is -0.352 e. The van der Waals surface area contributed by atoms with E-state index in [0.717, 1.165) is 12.0 Å². The molecule has 0 bridgehead atoms. The molecule has 0 aliphatic carbocycles. The zero-order valence-corrected chi connectivity index (χ0v) is 9.87. The van der Waals surface area contributed by atoms with Crippen LogP contribution in [0, 0.1) is 0 Å². The first-order valence-corrected chi connectivity index (χ1v) is 5.65. The standard InChI is InChI=1S/C12H12ClN3O/c13-11-3-1-2-9(6-11)4-5-14-12(17)10-7-15-16-8-10/h1-3,6-8H,4-5H2,(H,14,17)(H,15,16). The molecule has 0 aliphatic heterocycles. The average Bonchev–Trinajstić information content (AvgIpc) is 2.82. The number of halogens is 1. The third-order valence-electron chi connectivity index (χ3n) is 2.35. The second-order valence-electron chi connectivity index (χ2n) is 3.62. The Morgan fingerprint density at radius 1 is 1.47 bits per heavy atom. The zero-order chi connectivity index (χ0) is 12.1. The predicted molar refractivity (Wildman–Crippen MR) is 66.1 cm³/mol. The van der Waals surface area contributed by atoms with Crippen LogP contribution < -0.4 is 5.32 Å². The maximum atomic E-state index is 11.6. The Hall–Kier alpha value is -1.81. The summed E-state index contributed by atoms with van der Waals surface area (Å²) in [4.78, 5) is 11.6. The van der Waals surface area contributed by atoms with Crippen molar-refractivity contribution in [1.82, 2.24) is 15.5 Å². The highest BCUT2D eigenvalue weighted by Crippen LogP contribution is 2.10. The second kappa shape index (κ2) is 5.50. The van der Waals surface area contributed by atoms with Gasteiger partial charge in [-0.05, 0) is 24.1 Å². The third-order valence-corrected chi connectivity index (χ3v) is 2.58. The van der Waals surface area contributed by atoms with Gasteiger partial charge in [0.05, 0.1) is 11.8 Å². The number of nitrogens with one attached hydrogen (secondary N) is 2. The van der Waals surface area contributed by atoms with Crippen molar-refractivity contribution in [3.63, 3.8) is 0 Å². The summed E-state index contributed by atoms with van der Waals surface area (Å²) >= 11 is 5.87. The van der Waals surface area contributed by atoms with Crippen molar-refractivity contribution >= 4 is 17.5 Å². The van der Waals surface area contributed by atoms with Gasteiger partial charge in [0.15, 0.2) is 0 Å². The molecule has 4 nitrogen and oxygen atoms in total. The molecule has 0 atom stereocenters. The number of hydrogen-bond acceptors (Lipinski definition) is 2. The summed E-state index contributed by atoms with van der Waals surface area (Å²) in [6.45, 7) is 0.574. The van der Waals surface area contributed by atoms with E-state index in [0.29, 0.717) is 17.1 Å². The van der Waals surface area contributed by atoms with Crippen molar-refractivity contribution in [2.24, 2.45) is 0 Å². The summed E-state index contributed by atoms with van der Waals surface area (Å²) < 4.78 is 0. The molecule has 5 heteroatoms. The van der Waals surface area contributed by atoms with Crippen LogP contribution in [-0.2, 0) is 6.42 Å². The molecule has 1 aromatic carbocycles. The molecule has 2 rings (SSSR count). The maximum absolute atomic E-state index is 11.6. The highest BCUT2D eigenvalue weighted by molar-refractivity contribution is 6.30. The lowest BCUT2D eigenvalue weighted by molar-refractivity contribution is 0.0954. The molecule has 0 saturated heterocycles. The van der Waals surface area contributed by atoms with Gasteiger partial charge >= 0.3 is 0 Å². The number of benzene rings is 1. The fourth-order valence-corrected chi connectivity index (χ4v) is 1.70. The first-order chi connectivity index (χ1) is 8.25. The lowest BCUT2D eigenvalue weighted by Gasteiger charge is -2.04. The van der Waals surface area contributed by atoms with Gasteiger partial charge in [-0.3, -0.25) is 9.89 Å². The first kappa shape index (κ1) is 11.7. The highest BCUT2D eigenvalue weighted by atomic mass is 35.5. The van der Waals surface area contributed by atoms with E-state index in [9.17, 15) is 4.79 Å². The smallest absolute Gasteiger partial charge is 0.254 e. The fraction of sp³-hybridized carbons (Fsp3) is 0.167. The molecule has 88 valence electrons. The molecule has 1 aromatic heterocycles. The number of H-pyrrole nitrogens is 1. The van der Waals surface area contributed by atoms with E-state index in [4.69, 9.17) is 11.6 Å². The van der Waals surface area contributed by atoms with Crippen molar-refractivity contribution in [1.29, 1.82) is 0 Å². The number of rotatable bonds is 4. The average molecular weight is 250 g/mol. The SMILES string of the molecule is O=C(NCCc1cccc(Cl)c1)c1cn[nH]c1. The summed E-state index contributed by atoms with van der Waals surface area (Å²) in [6, 6.07) is 7.60. The summed E-state index contributed by atoms with van der Waals surface area (Å²) in [5.74, 6) is -0.124. The summed E-state index contributed by atoms with van der Waals surface area (Å²) in [5, 5.41) is 9.84. The highest BCUT2D eigenvalue weighted by Gasteiger charge is 2.05. The lowest BCUT2D eigenvalue weighted by atomic mass is 10.1. The number of carbonyl (C=O) groups is 1. The Labute approximate surface area is 104 Å². The molecule has 0 unspecified atom stereocenters. The number of nitrogens with zero attached hydrogens (tertiary/aromatic N) is 1. The fourth-order valence-electron chi connectivity index (χ4n) is 1.49. The van der Waals surface area contributed by atoms with Gasteiger partial charge in [0.2, 0.25) is 0 Å². The molecule has 0 fully saturated rings. The maximum Gasteiger partial charge on any atom is 0.254 e. The van der Waals surface area contributed by atoms with Crippen LogP contribution in [0.3, 0.4) is 0 Å². The van der Waals surface area contributed by atoms with Crippen molar-refractivity contribution < 1.29 is 4.79 Å². The largest absolute Gasteiger partial charge is 0.352 e. The van der Waals surface area contributed by atoms with E-state index >= 15 is 0 Å². The van der Waals surface area contributed by atoms with E-state index in [1.807, 2.05) is 24.3 Å². The van der Waals surface area contributed by atoms with E-state index in [-0.39, 0.29) is 5.91 Å². The van der Waals surface area contributed by atoms with Crippen LogP contribution >= 0.6 is 11.6 Å². The second-order valence-corrected chi connectivity index (χ2v) is 4.06. The molecule has 0 aliphatic rings. The monoisotopic (exact) mass is 249 g/mol. The van der Waals surface area contributed by atoms with Gasteiger partial charge in [-0.15, -0.1) is 0 Å². The molecule has 0 saturated carbocycles. The molecule has 2 aromatic rings. The summed E-state index contributed by atoms with van der Waals surface area (Å²) in [5.41, 5.74) is 1.64. The van der Waals surface area contributed by atoms with Gasteiger partial charge in [-0.1, -0.05) is 23.7 Å². The van der Waals surface area contributed by atoms with E-state index in [1.54, 1.807) is 6.20 Å². The minimum atomic E-state index is -0.124. The van der Waals surface area contributed by atoms with E-state index in [2.05, 4.69) is 15.5 Å². The quantitative estimate of drug-likeness (QED) is 0.871. The van der Waals surface area contributed by atoms with Gasteiger partial charge in [-0.2, -0.15) is 5.10 Å². The zero-order valence-electron chi connectivity index (χ0n) is 9.11. The topological polar surface area (TPSA) is 57.8 Å². The van der Waals surface area contributed by atoms with Crippen LogP contribution in [0.25, 0.3) is 0 Å². The normalized spacial score (nSPS) is 10.2. The number of carbonyl (C=O) groups excluding carboxylic acids is 1. The molecule has 0 spiro atoms. The lowest BCUT2D eigenvalue weighted by Crippen LogP contribution is -2.25. The van der Waals surface area contributed by atoms with Crippen molar-refractivity contribution in [3.05, 3.63) is 52.8 Å². The van der Waals surface area contributed by atoms with Gasteiger partial charge in [0.25, 0.3) is 5.91 Å².